The van der Waals surface area contributed by atoms with Crippen LogP contribution < -0.4 is 0 Å². The molecular formula is C13H20O. The minimum atomic E-state index is 0.497. The van der Waals surface area contributed by atoms with Gasteiger partial charge in [-0.25, -0.2) is 0 Å². The number of ketones is 1. The average Bonchev–Trinajstić information content (AvgIpc) is 2.59. The highest BCUT2D eigenvalue weighted by atomic mass is 16.1. The maximum absolute atomic E-state index is 11.8. The summed E-state index contributed by atoms with van der Waals surface area (Å²) in [5.74, 6) is 3.79. The van der Waals surface area contributed by atoms with E-state index in [1.807, 2.05) is 0 Å². The van der Waals surface area contributed by atoms with Gasteiger partial charge in [-0.3, -0.25) is 4.79 Å². The summed E-state index contributed by atoms with van der Waals surface area (Å²) in [5, 5.41) is 0. The Balaban J connectivity index is 1.82. The van der Waals surface area contributed by atoms with Gasteiger partial charge in [-0.15, -0.1) is 0 Å². The van der Waals surface area contributed by atoms with Crippen molar-refractivity contribution >= 4 is 5.78 Å². The van der Waals surface area contributed by atoms with Gasteiger partial charge in [0.15, 0.2) is 0 Å². The Kier molecular flexibility index (Phi) is 2.14. The smallest absolute Gasteiger partial charge is 0.136 e. The Hall–Kier alpha value is -0.330. The summed E-state index contributed by atoms with van der Waals surface area (Å²) < 4.78 is 0. The van der Waals surface area contributed by atoms with Gasteiger partial charge in [0.25, 0.3) is 0 Å². The SMILES string of the molecule is O=C1CCCC2C1CC1CCCCC12. The van der Waals surface area contributed by atoms with Crippen molar-refractivity contribution in [3.05, 3.63) is 0 Å². The molecule has 0 bridgehead atoms. The third-order valence-electron chi connectivity index (χ3n) is 4.97. The van der Waals surface area contributed by atoms with Crippen molar-refractivity contribution in [2.75, 3.05) is 0 Å². The molecule has 0 amide bonds. The molecule has 0 aromatic rings. The number of rotatable bonds is 0. The lowest BCUT2D eigenvalue weighted by Crippen LogP contribution is -2.27. The fraction of sp³-hybridized carbons (Fsp3) is 0.923. The quantitative estimate of drug-likeness (QED) is 0.576. The van der Waals surface area contributed by atoms with Crippen molar-refractivity contribution in [2.45, 2.75) is 51.4 Å². The monoisotopic (exact) mass is 192 g/mol. The zero-order valence-electron chi connectivity index (χ0n) is 8.87. The Labute approximate surface area is 86.3 Å². The molecule has 4 atom stereocenters. The van der Waals surface area contributed by atoms with Crippen LogP contribution in [0.15, 0.2) is 0 Å². The molecule has 0 spiro atoms. The molecule has 0 N–H and O–H groups in total. The normalized spacial score (nSPS) is 47.3. The maximum atomic E-state index is 11.8. The Bertz CT molecular complexity index is 246. The third-order valence-corrected chi connectivity index (χ3v) is 4.97. The molecule has 0 aromatic heterocycles. The van der Waals surface area contributed by atoms with Gasteiger partial charge in [-0.2, -0.15) is 0 Å². The highest BCUT2D eigenvalue weighted by Crippen LogP contribution is 2.52. The molecule has 3 rings (SSSR count). The van der Waals surface area contributed by atoms with E-state index in [4.69, 9.17) is 0 Å². The lowest BCUT2D eigenvalue weighted by atomic mass is 9.73. The molecule has 3 saturated carbocycles. The molecule has 0 aliphatic heterocycles. The van der Waals surface area contributed by atoms with Crippen molar-refractivity contribution < 1.29 is 4.79 Å². The Morgan fingerprint density at radius 3 is 2.64 bits per heavy atom. The fourth-order valence-corrected chi connectivity index (χ4v) is 4.37. The molecule has 14 heavy (non-hydrogen) atoms. The van der Waals surface area contributed by atoms with Crippen LogP contribution in [0.5, 0.6) is 0 Å². The molecule has 3 fully saturated rings. The summed E-state index contributed by atoms with van der Waals surface area (Å²) in [5.41, 5.74) is 0. The van der Waals surface area contributed by atoms with Crippen LogP contribution in [-0.2, 0) is 4.79 Å². The number of fused-ring (bicyclic) bond motifs is 3. The van der Waals surface area contributed by atoms with Gasteiger partial charge in [-0.1, -0.05) is 19.3 Å². The van der Waals surface area contributed by atoms with E-state index in [2.05, 4.69) is 0 Å². The standard InChI is InChI=1S/C13H20O/c14-13-7-3-6-11-10-5-2-1-4-9(10)8-12(11)13/h9-12H,1-8H2. The topological polar surface area (TPSA) is 17.1 Å². The second-order valence-corrected chi connectivity index (χ2v) is 5.57. The van der Waals surface area contributed by atoms with E-state index in [-0.39, 0.29) is 0 Å². The second kappa shape index (κ2) is 3.36. The first-order valence-electron chi connectivity index (χ1n) is 6.39. The molecule has 78 valence electrons. The predicted octanol–water partition coefficient (Wildman–Crippen LogP) is 3.18. The highest BCUT2D eigenvalue weighted by Gasteiger charge is 2.47. The van der Waals surface area contributed by atoms with Gasteiger partial charge < -0.3 is 0 Å². The number of hydrogen-bond acceptors (Lipinski definition) is 1. The number of Topliss-reactive ketones (excluding diaryl/α,β-unsaturated/α-hetero) is 1. The first-order chi connectivity index (χ1) is 6.86. The molecule has 0 saturated heterocycles. The summed E-state index contributed by atoms with van der Waals surface area (Å²) in [7, 11) is 0. The first kappa shape index (κ1) is 8.94. The summed E-state index contributed by atoms with van der Waals surface area (Å²) in [6.07, 6.45) is 10.4. The Morgan fingerprint density at radius 2 is 1.71 bits per heavy atom. The second-order valence-electron chi connectivity index (χ2n) is 5.57. The highest BCUT2D eigenvalue weighted by molar-refractivity contribution is 5.82. The number of hydrogen-bond donors (Lipinski definition) is 0. The van der Waals surface area contributed by atoms with E-state index >= 15 is 0 Å². The van der Waals surface area contributed by atoms with Crippen molar-refractivity contribution in [2.24, 2.45) is 23.7 Å². The molecule has 4 unspecified atom stereocenters. The van der Waals surface area contributed by atoms with Gasteiger partial charge in [-0.05, 0) is 43.4 Å². The molecule has 3 aliphatic carbocycles. The Morgan fingerprint density at radius 1 is 0.929 bits per heavy atom. The van der Waals surface area contributed by atoms with Crippen LogP contribution in [0.2, 0.25) is 0 Å². The van der Waals surface area contributed by atoms with Crippen LogP contribution in [0.4, 0.5) is 0 Å². The van der Waals surface area contributed by atoms with Gasteiger partial charge in [0.1, 0.15) is 5.78 Å². The summed E-state index contributed by atoms with van der Waals surface area (Å²) in [6.45, 7) is 0. The molecule has 1 heteroatoms. The van der Waals surface area contributed by atoms with E-state index < -0.39 is 0 Å². The fourth-order valence-electron chi connectivity index (χ4n) is 4.37. The lowest BCUT2D eigenvalue weighted by Gasteiger charge is -2.31. The van der Waals surface area contributed by atoms with Crippen LogP contribution in [-0.4, -0.2) is 5.78 Å². The zero-order valence-corrected chi connectivity index (χ0v) is 8.87. The minimum Gasteiger partial charge on any atom is -0.299 e. The summed E-state index contributed by atoms with van der Waals surface area (Å²) >= 11 is 0. The van der Waals surface area contributed by atoms with E-state index in [1.165, 1.54) is 44.9 Å². The van der Waals surface area contributed by atoms with Crippen LogP contribution in [0.1, 0.15) is 51.4 Å². The van der Waals surface area contributed by atoms with Crippen molar-refractivity contribution in [1.29, 1.82) is 0 Å². The van der Waals surface area contributed by atoms with Gasteiger partial charge in [0.2, 0.25) is 0 Å². The van der Waals surface area contributed by atoms with Crippen LogP contribution >= 0.6 is 0 Å². The molecular weight excluding hydrogens is 172 g/mol. The van der Waals surface area contributed by atoms with Crippen LogP contribution in [0, 0.1) is 23.7 Å². The minimum absolute atomic E-state index is 0.497. The van der Waals surface area contributed by atoms with Crippen LogP contribution in [0.3, 0.4) is 0 Å². The first-order valence-corrected chi connectivity index (χ1v) is 6.39. The summed E-state index contributed by atoms with van der Waals surface area (Å²) in [6, 6.07) is 0. The van der Waals surface area contributed by atoms with E-state index in [9.17, 15) is 4.79 Å². The molecule has 0 heterocycles. The molecule has 3 aliphatic rings. The van der Waals surface area contributed by atoms with E-state index in [1.54, 1.807) is 0 Å². The molecule has 1 nitrogen and oxygen atoms in total. The lowest BCUT2D eigenvalue weighted by molar-refractivity contribution is -0.126. The number of carbonyl (C=O) groups is 1. The van der Waals surface area contributed by atoms with E-state index in [0.717, 1.165) is 24.2 Å². The largest absolute Gasteiger partial charge is 0.299 e. The zero-order chi connectivity index (χ0) is 9.54. The maximum Gasteiger partial charge on any atom is 0.136 e. The summed E-state index contributed by atoms with van der Waals surface area (Å²) in [4.78, 5) is 11.8. The van der Waals surface area contributed by atoms with Crippen molar-refractivity contribution in [3.63, 3.8) is 0 Å². The average molecular weight is 192 g/mol. The third kappa shape index (κ3) is 1.24. The van der Waals surface area contributed by atoms with Crippen LogP contribution in [0.25, 0.3) is 0 Å². The molecule has 0 aromatic carbocycles. The van der Waals surface area contributed by atoms with Gasteiger partial charge >= 0.3 is 0 Å². The predicted molar refractivity (Wildman–Crippen MR) is 55.9 cm³/mol. The van der Waals surface area contributed by atoms with Crippen molar-refractivity contribution in [3.8, 4) is 0 Å². The number of carbonyl (C=O) groups excluding carboxylic acids is 1. The van der Waals surface area contributed by atoms with E-state index in [0.29, 0.717) is 11.7 Å². The van der Waals surface area contributed by atoms with Gasteiger partial charge in [0, 0.05) is 12.3 Å². The molecule has 0 radical (unpaired) electrons. The van der Waals surface area contributed by atoms with Gasteiger partial charge in [0.05, 0.1) is 0 Å². The van der Waals surface area contributed by atoms with Crippen molar-refractivity contribution in [1.82, 2.24) is 0 Å².